The summed E-state index contributed by atoms with van der Waals surface area (Å²) in [5.74, 6) is -0.0993. The summed E-state index contributed by atoms with van der Waals surface area (Å²) < 4.78 is 0. The molecule has 1 amide bonds. The van der Waals surface area contributed by atoms with Crippen molar-refractivity contribution in [3.63, 3.8) is 0 Å². The molecule has 0 bridgehead atoms. The minimum absolute atomic E-state index is 0.0993. The van der Waals surface area contributed by atoms with Gasteiger partial charge in [-0.25, -0.2) is 0 Å². The minimum atomic E-state index is -0.250. The van der Waals surface area contributed by atoms with Crippen LogP contribution in [0, 0.1) is 0 Å². The van der Waals surface area contributed by atoms with Gasteiger partial charge in [-0.2, -0.15) is 0 Å². The van der Waals surface area contributed by atoms with E-state index in [2.05, 4.69) is 10.3 Å². The summed E-state index contributed by atoms with van der Waals surface area (Å²) in [6.07, 6.45) is 3.36. The Morgan fingerprint density at radius 3 is 2.37 bits per heavy atom. The Kier molecular flexibility index (Phi) is 3.65. The summed E-state index contributed by atoms with van der Waals surface area (Å²) in [5, 5.41) is 2.94. The molecule has 0 aliphatic carbocycles. The van der Waals surface area contributed by atoms with E-state index in [0.717, 1.165) is 11.1 Å². The van der Waals surface area contributed by atoms with Gasteiger partial charge < -0.3 is 5.32 Å². The molecule has 2 rings (SSSR count). The van der Waals surface area contributed by atoms with Crippen LogP contribution in [0.15, 0.2) is 48.8 Å². The van der Waals surface area contributed by atoms with E-state index in [0.29, 0.717) is 5.56 Å². The molecule has 0 unspecified atom stereocenters. The lowest BCUT2D eigenvalue weighted by atomic mass is 10.0. The molecule has 0 fully saturated rings. The smallest absolute Gasteiger partial charge is 0.253 e. The molecule has 0 radical (unpaired) electrons. The van der Waals surface area contributed by atoms with E-state index < -0.39 is 0 Å². The summed E-state index contributed by atoms with van der Waals surface area (Å²) in [6.45, 7) is 5.87. The van der Waals surface area contributed by atoms with Crippen molar-refractivity contribution in [2.24, 2.45) is 0 Å². The van der Waals surface area contributed by atoms with Crippen LogP contribution in [0.3, 0.4) is 0 Å². The second-order valence-electron chi connectivity index (χ2n) is 5.53. The number of aromatic nitrogens is 1. The molecule has 0 aliphatic heterocycles. The topological polar surface area (TPSA) is 42.0 Å². The number of rotatable bonds is 2. The van der Waals surface area contributed by atoms with E-state index in [-0.39, 0.29) is 11.4 Å². The van der Waals surface area contributed by atoms with Gasteiger partial charge in [0.05, 0.1) is 5.56 Å². The first kappa shape index (κ1) is 13.3. The summed E-state index contributed by atoms with van der Waals surface area (Å²) >= 11 is 0. The zero-order valence-electron chi connectivity index (χ0n) is 11.5. The quantitative estimate of drug-likeness (QED) is 0.893. The first-order chi connectivity index (χ1) is 8.96. The Balaban J connectivity index is 2.28. The molecule has 0 saturated heterocycles. The van der Waals surface area contributed by atoms with E-state index in [4.69, 9.17) is 0 Å². The summed E-state index contributed by atoms with van der Waals surface area (Å²) in [6, 6.07) is 11.8. The van der Waals surface area contributed by atoms with Gasteiger partial charge in [0.25, 0.3) is 5.91 Å². The number of pyridine rings is 1. The molecular formula is C16H18N2O. The fourth-order valence-corrected chi connectivity index (χ4v) is 1.77. The van der Waals surface area contributed by atoms with Gasteiger partial charge >= 0.3 is 0 Å². The third-order valence-corrected chi connectivity index (χ3v) is 2.60. The van der Waals surface area contributed by atoms with Crippen molar-refractivity contribution in [1.29, 1.82) is 0 Å². The maximum absolute atomic E-state index is 12.1. The van der Waals surface area contributed by atoms with Crippen LogP contribution in [-0.4, -0.2) is 16.4 Å². The fourth-order valence-electron chi connectivity index (χ4n) is 1.77. The molecule has 1 aromatic heterocycles. The fraction of sp³-hybridized carbons (Fsp3) is 0.250. The number of benzene rings is 1. The number of nitrogens with zero attached hydrogens (tertiary/aromatic N) is 1. The second kappa shape index (κ2) is 5.22. The van der Waals surface area contributed by atoms with Gasteiger partial charge in [0.15, 0.2) is 0 Å². The van der Waals surface area contributed by atoms with Crippen molar-refractivity contribution < 1.29 is 4.79 Å². The summed E-state index contributed by atoms with van der Waals surface area (Å²) in [4.78, 5) is 16.2. The monoisotopic (exact) mass is 254 g/mol. The molecular weight excluding hydrogens is 236 g/mol. The van der Waals surface area contributed by atoms with Gasteiger partial charge in [0.2, 0.25) is 0 Å². The third-order valence-electron chi connectivity index (χ3n) is 2.60. The Labute approximate surface area is 113 Å². The number of hydrogen-bond acceptors (Lipinski definition) is 2. The van der Waals surface area contributed by atoms with Crippen molar-refractivity contribution in [3.8, 4) is 11.1 Å². The van der Waals surface area contributed by atoms with Crippen LogP contribution in [0.1, 0.15) is 31.1 Å². The lowest BCUT2D eigenvalue weighted by Crippen LogP contribution is -2.40. The largest absolute Gasteiger partial charge is 0.347 e. The highest BCUT2D eigenvalue weighted by molar-refractivity contribution is 5.95. The molecule has 0 spiro atoms. The van der Waals surface area contributed by atoms with E-state index >= 15 is 0 Å². The average Bonchev–Trinajstić information content (AvgIpc) is 2.38. The zero-order valence-corrected chi connectivity index (χ0v) is 11.5. The molecule has 0 saturated carbocycles. The standard InChI is InChI=1S/C16H18N2O/c1-16(2,3)18-15(19)14-9-13(10-17-11-14)12-7-5-4-6-8-12/h4-11H,1-3H3,(H,18,19). The highest BCUT2D eigenvalue weighted by atomic mass is 16.1. The Bertz CT molecular complexity index is 571. The maximum atomic E-state index is 12.1. The van der Waals surface area contributed by atoms with Crippen LogP contribution < -0.4 is 5.32 Å². The molecule has 1 aromatic carbocycles. The molecule has 0 atom stereocenters. The molecule has 3 nitrogen and oxygen atoms in total. The lowest BCUT2D eigenvalue weighted by molar-refractivity contribution is 0.0919. The highest BCUT2D eigenvalue weighted by Gasteiger charge is 2.15. The van der Waals surface area contributed by atoms with Crippen LogP contribution in [0.4, 0.5) is 0 Å². The summed E-state index contributed by atoms with van der Waals surface area (Å²) in [7, 11) is 0. The Morgan fingerprint density at radius 1 is 1.05 bits per heavy atom. The van der Waals surface area contributed by atoms with Crippen molar-refractivity contribution in [3.05, 3.63) is 54.4 Å². The molecule has 0 aliphatic rings. The van der Waals surface area contributed by atoms with E-state index in [1.807, 2.05) is 57.2 Å². The minimum Gasteiger partial charge on any atom is -0.347 e. The van der Waals surface area contributed by atoms with Crippen molar-refractivity contribution in [2.75, 3.05) is 0 Å². The predicted molar refractivity (Wildman–Crippen MR) is 76.9 cm³/mol. The lowest BCUT2D eigenvalue weighted by Gasteiger charge is -2.20. The molecule has 2 aromatic rings. The van der Waals surface area contributed by atoms with Gasteiger partial charge in [0.1, 0.15) is 0 Å². The Morgan fingerprint density at radius 2 is 1.74 bits per heavy atom. The Hall–Kier alpha value is -2.16. The van der Waals surface area contributed by atoms with Crippen molar-refractivity contribution in [1.82, 2.24) is 10.3 Å². The van der Waals surface area contributed by atoms with Gasteiger partial charge in [0, 0.05) is 23.5 Å². The predicted octanol–water partition coefficient (Wildman–Crippen LogP) is 3.28. The highest BCUT2D eigenvalue weighted by Crippen LogP contribution is 2.19. The number of nitrogens with one attached hydrogen (secondary N) is 1. The van der Waals surface area contributed by atoms with Crippen LogP contribution in [0.5, 0.6) is 0 Å². The van der Waals surface area contributed by atoms with Gasteiger partial charge in [-0.05, 0) is 32.4 Å². The average molecular weight is 254 g/mol. The number of hydrogen-bond donors (Lipinski definition) is 1. The van der Waals surface area contributed by atoms with Gasteiger partial charge in [-0.1, -0.05) is 30.3 Å². The van der Waals surface area contributed by atoms with Crippen LogP contribution in [0.25, 0.3) is 11.1 Å². The SMILES string of the molecule is CC(C)(C)NC(=O)c1cncc(-c2ccccc2)c1. The maximum Gasteiger partial charge on any atom is 0.253 e. The van der Waals surface area contributed by atoms with Crippen molar-refractivity contribution >= 4 is 5.91 Å². The van der Waals surface area contributed by atoms with Gasteiger partial charge in [-0.3, -0.25) is 9.78 Å². The van der Waals surface area contributed by atoms with E-state index in [1.165, 1.54) is 0 Å². The first-order valence-electron chi connectivity index (χ1n) is 6.29. The summed E-state index contributed by atoms with van der Waals surface area (Å²) in [5.41, 5.74) is 2.33. The number of carbonyl (C=O) groups excluding carboxylic acids is 1. The zero-order chi connectivity index (χ0) is 13.9. The second-order valence-corrected chi connectivity index (χ2v) is 5.53. The molecule has 3 heteroatoms. The number of amides is 1. The van der Waals surface area contributed by atoms with E-state index in [1.54, 1.807) is 12.4 Å². The van der Waals surface area contributed by atoms with Crippen molar-refractivity contribution in [2.45, 2.75) is 26.3 Å². The third kappa shape index (κ3) is 3.65. The first-order valence-corrected chi connectivity index (χ1v) is 6.29. The van der Waals surface area contributed by atoms with Gasteiger partial charge in [-0.15, -0.1) is 0 Å². The van der Waals surface area contributed by atoms with Crippen LogP contribution >= 0.6 is 0 Å². The molecule has 19 heavy (non-hydrogen) atoms. The molecule has 1 heterocycles. The van der Waals surface area contributed by atoms with Crippen LogP contribution in [0.2, 0.25) is 0 Å². The molecule has 1 N–H and O–H groups in total. The van der Waals surface area contributed by atoms with E-state index in [9.17, 15) is 4.79 Å². The molecule has 98 valence electrons. The van der Waals surface area contributed by atoms with Crippen LogP contribution in [-0.2, 0) is 0 Å². The normalized spacial score (nSPS) is 11.1. The number of carbonyl (C=O) groups is 1.